The highest BCUT2D eigenvalue weighted by molar-refractivity contribution is 5.84. The minimum absolute atomic E-state index is 0.523. The van der Waals surface area contributed by atoms with Crippen LogP contribution in [0.2, 0.25) is 0 Å². The average Bonchev–Trinajstić information content (AvgIpc) is 2.18. The predicted molar refractivity (Wildman–Crippen MR) is 46.6 cm³/mol. The zero-order valence-corrected chi connectivity index (χ0v) is 8.08. The molecule has 4 atom stereocenters. The van der Waals surface area contributed by atoms with Crippen LogP contribution in [0.25, 0.3) is 0 Å². The molecular weight excluding hydrogens is 206 g/mol. The lowest BCUT2D eigenvalue weighted by molar-refractivity contribution is -0.189. The summed E-state index contributed by atoms with van der Waals surface area (Å²) in [6.45, 7) is 0.585. The Morgan fingerprint density at radius 1 is 1.47 bits per heavy atom. The van der Waals surface area contributed by atoms with Crippen molar-refractivity contribution in [3.8, 4) is 0 Å². The molecule has 0 aliphatic carbocycles. The van der Waals surface area contributed by atoms with Crippen molar-refractivity contribution in [2.45, 2.75) is 31.3 Å². The number of amides is 1. The number of aliphatic hydroxyl groups excluding tert-OH is 3. The summed E-state index contributed by atoms with van der Waals surface area (Å²) in [5.74, 6) is -1.40. The summed E-state index contributed by atoms with van der Waals surface area (Å²) in [6.07, 6.45) is -4.05. The van der Waals surface area contributed by atoms with E-state index in [0.29, 0.717) is 0 Å². The summed E-state index contributed by atoms with van der Waals surface area (Å²) in [7, 11) is 0. The van der Waals surface area contributed by atoms with E-state index in [9.17, 15) is 19.8 Å². The van der Waals surface area contributed by atoms with Crippen molar-refractivity contribution >= 4 is 11.9 Å². The fourth-order valence-electron chi connectivity index (χ4n) is 1.36. The molecule has 7 heteroatoms. The third kappa shape index (κ3) is 2.44. The van der Waals surface area contributed by atoms with Crippen LogP contribution in [0.1, 0.15) is 6.92 Å². The molecule has 1 saturated heterocycles. The fourth-order valence-corrected chi connectivity index (χ4v) is 1.36. The molecule has 0 aromatic carbocycles. The van der Waals surface area contributed by atoms with Crippen molar-refractivity contribution in [3.05, 3.63) is 0 Å². The van der Waals surface area contributed by atoms with Crippen molar-refractivity contribution < 1.29 is 29.6 Å². The number of cyclic esters (lactones) is 1. The van der Waals surface area contributed by atoms with Gasteiger partial charge in [-0.15, -0.1) is 0 Å². The number of esters is 1. The summed E-state index contributed by atoms with van der Waals surface area (Å²) in [4.78, 5) is 21.9. The topological polar surface area (TPSA) is 116 Å². The second-order valence-corrected chi connectivity index (χ2v) is 3.32. The molecule has 0 unspecified atom stereocenters. The molecule has 1 amide bonds. The lowest BCUT2D eigenvalue weighted by atomic mass is 9.98. The van der Waals surface area contributed by atoms with Gasteiger partial charge in [0.15, 0.2) is 12.1 Å². The van der Waals surface area contributed by atoms with Crippen molar-refractivity contribution in [2.75, 3.05) is 6.61 Å². The lowest BCUT2D eigenvalue weighted by Crippen LogP contribution is -2.62. The maximum atomic E-state index is 11.2. The Hall–Kier alpha value is -1.18. The highest BCUT2D eigenvalue weighted by atomic mass is 16.6. The van der Waals surface area contributed by atoms with Gasteiger partial charge in [0.05, 0.1) is 6.61 Å². The molecule has 15 heavy (non-hydrogen) atoms. The Labute approximate surface area is 85.7 Å². The summed E-state index contributed by atoms with van der Waals surface area (Å²) in [5.41, 5.74) is 0. The smallest absolute Gasteiger partial charge is 0.331 e. The number of carbonyl (C=O) groups is 2. The molecular formula is C8H13NO6. The second-order valence-electron chi connectivity index (χ2n) is 3.32. The zero-order valence-electron chi connectivity index (χ0n) is 8.08. The average molecular weight is 219 g/mol. The maximum Gasteiger partial charge on any atom is 0.331 e. The number of hydrogen-bond donors (Lipinski definition) is 4. The molecule has 0 saturated carbocycles. The van der Waals surface area contributed by atoms with Crippen LogP contribution in [0, 0.1) is 0 Å². The fraction of sp³-hybridized carbons (Fsp3) is 0.750. The van der Waals surface area contributed by atoms with Gasteiger partial charge in [0.1, 0.15) is 12.2 Å². The van der Waals surface area contributed by atoms with Crippen LogP contribution in [0.15, 0.2) is 0 Å². The predicted octanol–water partition coefficient (Wildman–Crippen LogP) is -2.87. The minimum Gasteiger partial charge on any atom is -0.455 e. The van der Waals surface area contributed by atoms with E-state index in [-0.39, 0.29) is 0 Å². The van der Waals surface area contributed by atoms with Gasteiger partial charge in [-0.25, -0.2) is 4.79 Å². The molecule has 0 radical (unpaired) electrons. The van der Waals surface area contributed by atoms with Gasteiger partial charge in [-0.2, -0.15) is 0 Å². The summed E-state index contributed by atoms with van der Waals surface area (Å²) < 4.78 is 4.62. The Kier molecular flexibility index (Phi) is 3.61. The molecule has 1 rings (SSSR count). The summed E-state index contributed by atoms with van der Waals surface area (Å²) in [5, 5.41) is 29.8. The standard InChI is InChI=1S/C8H13NO6/c1-3(11)9-5-7(13)6(12)4(2-10)15-8(5)14/h4-7,10,12-13H,2H2,1H3,(H,9,11)/t4-,5-,6+,7-/m1/s1. The van der Waals surface area contributed by atoms with Crippen LogP contribution in [0.3, 0.4) is 0 Å². The number of carbonyl (C=O) groups excluding carboxylic acids is 2. The van der Waals surface area contributed by atoms with Crippen LogP contribution < -0.4 is 5.32 Å². The first-order valence-corrected chi connectivity index (χ1v) is 4.42. The molecule has 0 bridgehead atoms. The third-order valence-electron chi connectivity index (χ3n) is 2.13. The number of ether oxygens (including phenoxy) is 1. The van der Waals surface area contributed by atoms with Crippen molar-refractivity contribution in [2.24, 2.45) is 0 Å². The molecule has 1 aliphatic heterocycles. The summed E-state index contributed by atoms with van der Waals surface area (Å²) in [6, 6.07) is -1.29. The largest absolute Gasteiger partial charge is 0.455 e. The quantitative estimate of drug-likeness (QED) is 0.371. The first-order valence-electron chi connectivity index (χ1n) is 4.42. The first-order chi connectivity index (χ1) is 6.97. The van der Waals surface area contributed by atoms with Gasteiger partial charge in [-0.05, 0) is 0 Å². The molecule has 0 aromatic heterocycles. The molecule has 0 spiro atoms. The van der Waals surface area contributed by atoms with Gasteiger partial charge in [0.2, 0.25) is 5.91 Å². The van der Waals surface area contributed by atoms with E-state index in [2.05, 4.69) is 10.1 Å². The van der Waals surface area contributed by atoms with Crippen LogP contribution in [0.5, 0.6) is 0 Å². The number of rotatable bonds is 2. The van der Waals surface area contributed by atoms with Crippen LogP contribution >= 0.6 is 0 Å². The van der Waals surface area contributed by atoms with Gasteiger partial charge in [-0.3, -0.25) is 4.79 Å². The molecule has 1 aliphatic rings. The minimum atomic E-state index is -1.48. The molecule has 1 heterocycles. The number of nitrogens with one attached hydrogen (secondary N) is 1. The zero-order chi connectivity index (χ0) is 11.6. The number of hydrogen-bond acceptors (Lipinski definition) is 6. The normalized spacial score (nSPS) is 35.9. The van der Waals surface area contributed by atoms with Gasteiger partial charge < -0.3 is 25.4 Å². The second kappa shape index (κ2) is 4.56. The Morgan fingerprint density at radius 2 is 2.07 bits per heavy atom. The number of aliphatic hydroxyl groups is 3. The van der Waals surface area contributed by atoms with Crippen molar-refractivity contribution in [3.63, 3.8) is 0 Å². The SMILES string of the molecule is CC(=O)N[C@H]1C(=O)O[C@H](CO)[C@H](O)[C@@H]1O. The molecule has 4 N–H and O–H groups in total. The van der Waals surface area contributed by atoms with Crippen molar-refractivity contribution in [1.82, 2.24) is 5.32 Å². The third-order valence-corrected chi connectivity index (χ3v) is 2.13. The highest BCUT2D eigenvalue weighted by Crippen LogP contribution is 2.16. The van der Waals surface area contributed by atoms with Crippen LogP contribution in [-0.2, 0) is 14.3 Å². The Bertz CT molecular complexity index is 268. The maximum absolute atomic E-state index is 11.2. The molecule has 1 fully saturated rings. The highest BCUT2D eigenvalue weighted by Gasteiger charge is 2.44. The molecule has 7 nitrogen and oxygen atoms in total. The van der Waals surface area contributed by atoms with Crippen LogP contribution in [-0.4, -0.2) is 58.2 Å². The van der Waals surface area contributed by atoms with E-state index in [4.69, 9.17) is 5.11 Å². The van der Waals surface area contributed by atoms with E-state index < -0.39 is 42.8 Å². The lowest BCUT2D eigenvalue weighted by Gasteiger charge is -2.35. The van der Waals surface area contributed by atoms with E-state index >= 15 is 0 Å². The van der Waals surface area contributed by atoms with Crippen LogP contribution in [0.4, 0.5) is 0 Å². The van der Waals surface area contributed by atoms with E-state index in [1.54, 1.807) is 0 Å². The first kappa shape index (κ1) is 11.9. The van der Waals surface area contributed by atoms with Gasteiger partial charge in [0, 0.05) is 6.92 Å². The molecule has 86 valence electrons. The van der Waals surface area contributed by atoms with Gasteiger partial charge in [0.25, 0.3) is 0 Å². The summed E-state index contributed by atoms with van der Waals surface area (Å²) >= 11 is 0. The Balaban J connectivity index is 2.74. The van der Waals surface area contributed by atoms with Crippen molar-refractivity contribution in [1.29, 1.82) is 0 Å². The monoisotopic (exact) mass is 219 g/mol. The van der Waals surface area contributed by atoms with Gasteiger partial charge >= 0.3 is 5.97 Å². The van der Waals surface area contributed by atoms with E-state index in [1.165, 1.54) is 6.92 Å². The van der Waals surface area contributed by atoms with E-state index in [0.717, 1.165) is 0 Å². The Morgan fingerprint density at radius 3 is 2.53 bits per heavy atom. The molecule has 0 aromatic rings. The van der Waals surface area contributed by atoms with E-state index in [1.807, 2.05) is 0 Å². The van der Waals surface area contributed by atoms with Gasteiger partial charge in [-0.1, -0.05) is 0 Å².